The Balaban J connectivity index is 1.36. The lowest BCUT2D eigenvalue weighted by Gasteiger charge is -2.11. The number of rotatable bonds is 5. The van der Waals surface area contributed by atoms with E-state index in [1.807, 2.05) is 37.3 Å². The number of anilines is 1. The minimum atomic E-state index is -0.432. The topological polar surface area (TPSA) is 90.9 Å². The van der Waals surface area contributed by atoms with E-state index in [1.165, 1.54) is 6.07 Å². The molecule has 32 heavy (non-hydrogen) atoms. The third kappa shape index (κ3) is 3.54. The average Bonchev–Trinajstić information content (AvgIpc) is 3.14. The highest BCUT2D eigenvalue weighted by atomic mass is 16.5. The summed E-state index contributed by atoms with van der Waals surface area (Å²) < 4.78 is 22.2. The minimum Gasteiger partial charge on any atom is -0.495 e. The zero-order valence-electron chi connectivity index (χ0n) is 17.4. The van der Waals surface area contributed by atoms with Gasteiger partial charge in [-0.3, -0.25) is 4.79 Å². The maximum absolute atomic E-state index is 12.5. The van der Waals surface area contributed by atoms with Crippen molar-refractivity contribution in [3.63, 3.8) is 0 Å². The van der Waals surface area contributed by atoms with Crippen LogP contribution in [0.2, 0.25) is 0 Å². The van der Waals surface area contributed by atoms with E-state index < -0.39 is 5.63 Å². The summed E-state index contributed by atoms with van der Waals surface area (Å²) in [6.07, 6.45) is 0. The van der Waals surface area contributed by atoms with E-state index in [0.717, 1.165) is 27.3 Å². The smallest absolute Gasteiger partial charge is 0.336 e. The molecule has 5 aromatic rings. The third-order valence-corrected chi connectivity index (χ3v) is 5.27. The zero-order chi connectivity index (χ0) is 22.2. The first-order valence-electron chi connectivity index (χ1n) is 9.98. The molecule has 0 aliphatic rings. The van der Waals surface area contributed by atoms with E-state index in [4.69, 9.17) is 18.3 Å². The van der Waals surface area contributed by atoms with Gasteiger partial charge in [0, 0.05) is 34.4 Å². The molecule has 0 radical (unpaired) electrons. The van der Waals surface area contributed by atoms with Crippen LogP contribution >= 0.6 is 0 Å². The molecule has 7 nitrogen and oxygen atoms in total. The fourth-order valence-electron chi connectivity index (χ4n) is 3.75. The Kier molecular flexibility index (Phi) is 4.78. The number of ether oxygens (including phenoxy) is 2. The van der Waals surface area contributed by atoms with Crippen LogP contribution in [0.5, 0.6) is 11.5 Å². The van der Waals surface area contributed by atoms with Gasteiger partial charge in [-0.1, -0.05) is 18.2 Å². The van der Waals surface area contributed by atoms with Crippen molar-refractivity contribution in [1.29, 1.82) is 0 Å². The molecular formula is C25H19NO6. The standard InChI is InChI=1S/C25H19NO6/c1-14-9-25(28)32-21-10-15(7-8-16(14)21)30-13-24(27)26-19-12-22-18(11-23(19)29-2)17-5-3-4-6-20(17)31-22/h3-12H,13H2,1-2H3,(H,26,27). The molecule has 0 aliphatic heterocycles. The van der Waals surface area contributed by atoms with Crippen molar-refractivity contribution in [2.24, 2.45) is 0 Å². The number of nitrogens with one attached hydrogen (secondary N) is 1. The van der Waals surface area contributed by atoms with Gasteiger partial charge in [0.05, 0.1) is 12.8 Å². The van der Waals surface area contributed by atoms with Crippen molar-refractivity contribution in [2.75, 3.05) is 19.0 Å². The van der Waals surface area contributed by atoms with Crippen LogP contribution in [0.3, 0.4) is 0 Å². The second kappa shape index (κ2) is 7.77. The van der Waals surface area contributed by atoms with Gasteiger partial charge in [-0.25, -0.2) is 4.79 Å². The number of furan rings is 1. The first kappa shape index (κ1) is 19.7. The van der Waals surface area contributed by atoms with Crippen LogP contribution in [-0.4, -0.2) is 19.6 Å². The Morgan fingerprint density at radius 2 is 1.72 bits per heavy atom. The van der Waals surface area contributed by atoms with Gasteiger partial charge in [0.15, 0.2) is 6.61 Å². The molecule has 0 saturated carbocycles. The van der Waals surface area contributed by atoms with Gasteiger partial charge >= 0.3 is 5.63 Å². The van der Waals surface area contributed by atoms with E-state index in [0.29, 0.717) is 28.4 Å². The quantitative estimate of drug-likeness (QED) is 0.394. The Bertz CT molecular complexity index is 1550. The van der Waals surface area contributed by atoms with Crippen molar-refractivity contribution >= 4 is 44.5 Å². The number of hydrogen-bond acceptors (Lipinski definition) is 6. The normalized spacial score (nSPS) is 11.2. The van der Waals surface area contributed by atoms with Crippen molar-refractivity contribution in [3.8, 4) is 11.5 Å². The molecule has 0 fully saturated rings. The summed E-state index contributed by atoms with van der Waals surface area (Å²) in [6, 6.07) is 17.8. The molecule has 0 aliphatic carbocycles. The summed E-state index contributed by atoms with van der Waals surface area (Å²) in [5.74, 6) is 0.561. The van der Waals surface area contributed by atoms with Crippen LogP contribution in [-0.2, 0) is 4.79 Å². The van der Waals surface area contributed by atoms with Crippen LogP contribution in [0.1, 0.15) is 5.56 Å². The summed E-state index contributed by atoms with van der Waals surface area (Å²) >= 11 is 0. The molecule has 3 aromatic carbocycles. The van der Waals surface area contributed by atoms with E-state index in [1.54, 1.807) is 31.4 Å². The zero-order valence-corrected chi connectivity index (χ0v) is 17.4. The first-order valence-corrected chi connectivity index (χ1v) is 9.98. The van der Waals surface area contributed by atoms with Crippen LogP contribution in [0.4, 0.5) is 5.69 Å². The largest absolute Gasteiger partial charge is 0.495 e. The summed E-state index contributed by atoms with van der Waals surface area (Å²) in [7, 11) is 1.54. The van der Waals surface area contributed by atoms with Gasteiger partial charge in [0.1, 0.15) is 28.2 Å². The fourth-order valence-corrected chi connectivity index (χ4v) is 3.75. The van der Waals surface area contributed by atoms with Crippen LogP contribution in [0, 0.1) is 6.92 Å². The summed E-state index contributed by atoms with van der Waals surface area (Å²) in [6.45, 7) is 1.60. The van der Waals surface area contributed by atoms with Gasteiger partial charge in [0.2, 0.25) is 0 Å². The lowest BCUT2D eigenvalue weighted by molar-refractivity contribution is -0.118. The third-order valence-electron chi connectivity index (χ3n) is 5.27. The van der Waals surface area contributed by atoms with E-state index in [-0.39, 0.29) is 12.5 Å². The van der Waals surface area contributed by atoms with Gasteiger partial charge in [-0.2, -0.15) is 0 Å². The molecule has 7 heteroatoms. The average molecular weight is 429 g/mol. The number of methoxy groups -OCH3 is 1. The van der Waals surface area contributed by atoms with E-state index >= 15 is 0 Å². The molecule has 0 unspecified atom stereocenters. The van der Waals surface area contributed by atoms with Gasteiger partial charge in [-0.05, 0) is 36.8 Å². The molecule has 0 bridgehead atoms. The molecule has 2 aromatic heterocycles. The monoisotopic (exact) mass is 429 g/mol. The van der Waals surface area contributed by atoms with E-state index in [9.17, 15) is 9.59 Å². The number of benzene rings is 3. The Morgan fingerprint density at radius 3 is 2.56 bits per heavy atom. The van der Waals surface area contributed by atoms with Crippen molar-refractivity contribution in [2.45, 2.75) is 6.92 Å². The second-order valence-electron chi connectivity index (χ2n) is 7.39. The van der Waals surface area contributed by atoms with Crippen LogP contribution in [0.15, 0.2) is 74.3 Å². The number of amides is 1. The number of carbonyl (C=O) groups excluding carboxylic acids is 1. The highest BCUT2D eigenvalue weighted by Crippen LogP contribution is 2.36. The predicted molar refractivity (Wildman–Crippen MR) is 122 cm³/mol. The Hall–Kier alpha value is -4.26. The molecule has 160 valence electrons. The highest BCUT2D eigenvalue weighted by Gasteiger charge is 2.14. The highest BCUT2D eigenvalue weighted by molar-refractivity contribution is 6.07. The first-order chi connectivity index (χ1) is 15.5. The number of hydrogen-bond donors (Lipinski definition) is 1. The Morgan fingerprint density at radius 1 is 0.906 bits per heavy atom. The fraction of sp³-hybridized carbons (Fsp3) is 0.120. The summed E-state index contributed by atoms with van der Waals surface area (Å²) in [5.41, 5.74) is 2.67. The molecule has 1 N–H and O–H groups in total. The molecule has 1 amide bonds. The van der Waals surface area contributed by atoms with Gasteiger partial charge in [-0.15, -0.1) is 0 Å². The van der Waals surface area contributed by atoms with Gasteiger partial charge in [0.25, 0.3) is 5.91 Å². The molecule has 2 heterocycles. The number of fused-ring (bicyclic) bond motifs is 4. The maximum atomic E-state index is 12.5. The van der Waals surface area contributed by atoms with Crippen molar-refractivity contribution in [3.05, 3.63) is 76.6 Å². The number of carbonyl (C=O) groups is 1. The molecule has 0 atom stereocenters. The molecule has 5 rings (SSSR count). The SMILES string of the molecule is COc1cc2c(cc1NC(=O)COc1ccc3c(C)cc(=O)oc3c1)oc1ccccc12. The Labute approximate surface area is 182 Å². The van der Waals surface area contributed by atoms with Crippen molar-refractivity contribution < 1.29 is 23.1 Å². The minimum absolute atomic E-state index is 0.233. The van der Waals surface area contributed by atoms with Gasteiger partial charge < -0.3 is 23.6 Å². The number of aryl methyl sites for hydroxylation is 1. The summed E-state index contributed by atoms with van der Waals surface area (Å²) in [4.78, 5) is 24.1. The lowest BCUT2D eigenvalue weighted by atomic mass is 10.1. The second-order valence-corrected chi connectivity index (χ2v) is 7.39. The molecule has 0 saturated heterocycles. The maximum Gasteiger partial charge on any atom is 0.336 e. The van der Waals surface area contributed by atoms with E-state index in [2.05, 4.69) is 5.32 Å². The molecule has 0 spiro atoms. The van der Waals surface area contributed by atoms with Crippen molar-refractivity contribution in [1.82, 2.24) is 0 Å². The summed E-state index contributed by atoms with van der Waals surface area (Å²) in [5, 5.41) is 5.49. The number of para-hydroxylation sites is 1. The predicted octanol–water partition coefficient (Wildman–Crippen LogP) is 5.03. The molecular weight excluding hydrogens is 410 g/mol. The van der Waals surface area contributed by atoms with Crippen LogP contribution in [0.25, 0.3) is 32.9 Å². The van der Waals surface area contributed by atoms with Crippen LogP contribution < -0.4 is 20.4 Å². The lowest BCUT2D eigenvalue weighted by Crippen LogP contribution is -2.20.